The molecule has 38 heavy (non-hydrogen) atoms. The van der Waals surface area contributed by atoms with E-state index in [1.807, 2.05) is 28.9 Å². The molecule has 6 rings (SSSR count). The van der Waals surface area contributed by atoms with Gasteiger partial charge in [0.25, 0.3) is 5.56 Å². The summed E-state index contributed by atoms with van der Waals surface area (Å²) >= 11 is 0. The fourth-order valence-electron chi connectivity index (χ4n) is 5.91. The molecule has 198 valence electrons. The molecule has 9 nitrogen and oxygen atoms in total. The summed E-state index contributed by atoms with van der Waals surface area (Å²) in [6.45, 7) is 3.09. The number of hydrogen-bond acceptors (Lipinski definition) is 7. The lowest BCUT2D eigenvalue weighted by Gasteiger charge is -2.37. The number of aromatic nitrogens is 5. The quantitative estimate of drug-likeness (QED) is 0.382. The van der Waals surface area contributed by atoms with E-state index < -0.39 is 0 Å². The number of likely N-dealkylation sites (tertiary alicyclic amines) is 1. The maximum Gasteiger partial charge on any atom is 0.253 e. The van der Waals surface area contributed by atoms with Gasteiger partial charge in [-0.1, -0.05) is 30.3 Å². The molecule has 0 saturated carbocycles. The number of methoxy groups -OCH3 is 1. The monoisotopic (exact) mass is 514 g/mol. The van der Waals surface area contributed by atoms with Gasteiger partial charge in [-0.05, 0) is 91.4 Å². The maximum absolute atomic E-state index is 13.5. The van der Waals surface area contributed by atoms with Crippen LogP contribution in [-0.2, 0) is 17.7 Å². The van der Waals surface area contributed by atoms with Crippen molar-refractivity contribution in [1.82, 2.24) is 30.1 Å². The first kappa shape index (κ1) is 24.8. The number of piperidine rings is 1. The average Bonchev–Trinajstić information content (AvgIpc) is 3.63. The Labute approximate surface area is 221 Å². The molecule has 0 unspecified atom stereocenters. The lowest BCUT2D eigenvalue weighted by molar-refractivity contribution is 0.0892. The Kier molecular flexibility index (Phi) is 7.20. The summed E-state index contributed by atoms with van der Waals surface area (Å²) in [6.07, 6.45) is 5.31. The van der Waals surface area contributed by atoms with Crippen LogP contribution in [0, 0.1) is 5.92 Å². The average molecular weight is 515 g/mol. The number of aromatic amines is 1. The Balaban J connectivity index is 1.33. The van der Waals surface area contributed by atoms with Gasteiger partial charge >= 0.3 is 0 Å². The maximum atomic E-state index is 13.5. The van der Waals surface area contributed by atoms with E-state index in [4.69, 9.17) is 9.47 Å². The lowest BCUT2D eigenvalue weighted by Crippen LogP contribution is -2.41. The molecule has 2 atom stereocenters. The van der Waals surface area contributed by atoms with Gasteiger partial charge in [0.05, 0.1) is 19.8 Å². The van der Waals surface area contributed by atoms with Crippen molar-refractivity contribution in [3.05, 3.63) is 81.9 Å². The van der Waals surface area contributed by atoms with Crippen LogP contribution < -0.4 is 10.3 Å². The fraction of sp³-hybridized carbons (Fsp3) is 0.448. The fourth-order valence-corrected chi connectivity index (χ4v) is 5.91. The topological polar surface area (TPSA) is 98.2 Å². The Morgan fingerprint density at radius 3 is 2.71 bits per heavy atom. The molecular weight excluding hydrogens is 480 g/mol. The van der Waals surface area contributed by atoms with Gasteiger partial charge in [-0.25, -0.2) is 4.68 Å². The largest absolute Gasteiger partial charge is 0.497 e. The number of fused-ring (bicyclic) bond motifs is 1. The lowest BCUT2D eigenvalue weighted by atomic mass is 9.89. The van der Waals surface area contributed by atoms with E-state index in [1.165, 1.54) is 5.56 Å². The van der Waals surface area contributed by atoms with E-state index in [0.29, 0.717) is 23.9 Å². The van der Waals surface area contributed by atoms with Crippen LogP contribution in [0.5, 0.6) is 5.75 Å². The standard InChI is InChI=1S/C29H34N6O3/c1-37-23-9-10-26-22(17-23)18-25(29(36)30-26)27(28-31-32-33-35(28)19-24-8-5-15-38-24)34-13-11-21(12-14-34)16-20-6-3-2-4-7-20/h2-4,6-7,9-10,17-18,21,24,27H,5,8,11-16,19H2,1H3,(H,30,36)/t24-,27-/m0/s1. The highest BCUT2D eigenvalue weighted by Gasteiger charge is 2.34. The third kappa shape index (κ3) is 5.21. The molecule has 0 aliphatic carbocycles. The number of benzene rings is 2. The van der Waals surface area contributed by atoms with Crippen molar-refractivity contribution in [3.63, 3.8) is 0 Å². The van der Waals surface area contributed by atoms with E-state index >= 15 is 0 Å². The van der Waals surface area contributed by atoms with Gasteiger partial charge in [-0.2, -0.15) is 0 Å². The zero-order chi connectivity index (χ0) is 25.9. The van der Waals surface area contributed by atoms with Gasteiger partial charge in [-0.15, -0.1) is 5.10 Å². The van der Waals surface area contributed by atoms with Crippen molar-refractivity contribution in [2.24, 2.45) is 5.92 Å². The van der Waals surface area contributed by atoms with Crippen molar-refractivity contribution < 1.29 is 9.47 Å². The first-order valence-corrected chi connectivity index (χ1v) is 13.5. The first-order valence-electron chi connectivity index (χ1n) is 13.5. The summed E-state index contributed by atoms with van der Waals surface area (Å²) in [7, 11) is 1.65. The molecule has 0 bridgehead atoms. The van der Waals surface area contributed by atoms with Crippen molar-refractivity contribution in [2.75, 3.05) is 26.8 Å². The van der Waals surface area contributed by atoms with Crippen LogP contribution in [0.3, 0.4) is 0 Å². The zero-order valence-corrected chi connectivity index (χ0v) is 21.8. The Morgan fingerprint density at radius 2 is 1.95 bits per heavy atom. The van der Waals surface area contributed by atoms with E-state index in [2.05, 4.69) is 55.7 Å². The second-order valence-electron chi connectivity index (χ2n) is 10.4. The molecule has 2 aliphatic heterocycles. The summed E-state index contributed by atoms with van der Waals surface area (Å²) in [4.78, 5) is 19.0. The number of hydrogen-bond donors (Lipinski definition) is 1. The van der Waals surface area contributed by atoms with E-state index in [1.54, 1.807) is 7.11 Å². The second-order valence-corrected chi connectivity index (χ2v) is 10.4. The van der Waals surface area contributed by atoms with Crippen LogP contribution in [0.4, 0.5) is 0 Å². The molecular formula is C29H34N6O3. The molecule has 2 aromatic heterocycles. The molecule has 2 fully saturated rings. The van der Waals surface area contributed by atoms with Crippen LogP contribution in [0.2, 0.25) is 0 Å². The second kappa shape index (κ2) is 11.0. The summed E-state index contributed by atoms with van der Waals surface area (Å²) in [5, 5.41) is 13.8. The van der Waals surface area contributed by atoms with Crippen LogP contribution >= 0.6 is 0 Å². The minimum Gasteiger partial charge on any atom is -0.497 e. The minimum atomic E-state index is -0.358. The molecule has 0 amide bonds. The molecule has 0 spiro atoms. The van der Waals surface area contributed by atoms with Gasteiger partial charge in [0.2, 0.25) is 0 Å². The predicted molar refractivity (Wildman–Crippen MR) is 144 cm³/mol. The molecule has 4 heterocycles. The van der Waals surface area contributed by atoms with Gasteiger partial charge < -0.3 is 14.5 Å². The Bertz CT molecular complexity index is 1420. The number of nitrogens with zero attached hydrogens (tertiary/aromatic N) is 5. The predicted octanol–water partition coefficient (Wildman–Crippen LogP) is 3.75. The van der Waals surface area contributed by atoms with E-state index in [0.717, 1.165) is 68.5 Å². The minimum absolute atomic E-state index is 0.0913. The molecule has 2 saturated heterocycles. The highest BCUT2D eigenvalue weighted by Crippen LogP contribution is 2.33. The molecule has 9 heteroatoms. The summed E-state index contributed by atoms with van der Waals surface area (Å²) in [5.74, 6) is 2.04. The van der Waals surface area contributed by atoms with Crippen molar-refractivity contribution >= 4 is 10.9 Å². The smallest absolute Gasteiger partial charge is 0.253 e. The van der Waals surface area contributed by atoms with Crippen LogP contribution in [-0.4, -0.2) is 63.0 Å². The number of tetrazole rings is 1. The van der Waals surface area contributed by atoms with Crippen molar-refractivity contribution in [2.45, 2.75) is 50.8 Å². The summed E-state index contributed by atoms with van der Waals surface area (Å²) < 4.78 is 13.2. The van der Waals surface area contributed by atoms with E-state index in [9.17, 15) is 4.79 Å². The highest BCUT2D eigenvalue weighted by atomic mass is 16.5. The summed E-state index contributed by atoms with van der Waals surface area (Å²) in [6, 6.07) is 18.0. The van der Waals surface area contributed by atoms with Gasteiger partial charge in [-0.3, -0.25) is 9.69 Å². The molecule has 2 aliphatic rings. The number of rotatable bonds is 8. The molecule has 0 radical (unpaired) electrons. The number of H-pyrrole nitrogens is 1. The zero-order valence-electron chi connectivity index (χ0n) is 21.8. The first-order chi connectivity index (χ1) is 18.7. The number of ether oxygens (including phenoxy) is 2. The van der Waals surface area contributed by atoms with Gasteiger partial charge in [0.1, 0.15) is 11.8 Å². The third-order valence-corrected chi connectivity index (χ3v) is 7.96. The number of pyridine rings is 1. The number of nitrogens with one attached hydrogen (secondary N) is 1. The van der Waals surface area contributed by atoms with Gasteiger partial charge in [0.15, 0.2) is 5.82 Å². The summed E-state index contributed by atoms with van der Waals surface area (Å²) in [5.41, 5.74) is 2.68. The van der Waals surface area contributed by atoms with Gasteiger partial charge in [0, 0.05) is 23.1 Å². The SMILES string of the molecule is COc1ccc2[nH]c(=O)c([C@@H](c3nnnn3C[C@@H]3CCCO3)N3CCC(Cc4ccccc4)CC3)cc2c1. The normalized spacial score (nSPS) is 19.7. The highest BCUT2D eigenvalue weighted by molar-refractivity contribution is 5.80. The molecule has 4 aromatic rings. The van der Waals surface area contributed by atoms with E-state index in [-0.39, 0.29) is 17.7 Å². The van der Waals surface area contributed by atoms with Crippen LogP contribution in [0.1, 0.15) is 48.7 Å². The van der Waals surface area contributed by atoms with Crippen LogP contribution in [0.25, 0.3) is 10.9 Å². The Morgan fingerprint density at radius 1 is 1.11 bits per heavy atom. The van der Waals surface area contributed by atoms with Crippen LogP contribution in [0.15, 0.2) is 59.4 Å². The third-order valence-electron chi connectivity index (χ3n) is 7.96. The Hall–Kier alpha value is -3.56. The molecule has 2 aromatic carbocycles. The molecule has 1 N–H and O–H groups in total. The van der Waals surface area contributed by atoms with Crippen molar-refractivity contribution in [3.8, 4) is 5.75 Å². The van der Waals surface area contributed by atoms with Crippen molar-refractivity contribution in [1.29, 1.82) is 0 Å².